The number of rotatable bonds is 8. The van der Waals surface area contributed by atoms with Gasteiger partial charge in [-0.05, 0) is 17.2 Å². The maximum Gasteiger partial charge on any atom is 0.252 e. The molecule has 168 valence electrons. The van der Waals surface area contributed by atoms with Gasteiger partial charge in [0.1, 0.15) is 6.61 Å². The van der Waals surface area contributed by atoms with Crippen LogP contribution in [0.25, 0.3) is 11.4 Å². The molecule has 32 heavy (non-hydrogen) atoms. The van der Waals surface area contributed by atoms with Crippen LogP contribution >= 0.6 is 0 Å². The van der Waals surface area contributed by atoms with Gasteiger partial charge in [0, 0.05) is 57.7 Å². The molecule has 1 saturated heterocycles. The first-order valence-electron chi connectivity index (χ1n) is 10.5. The third kappa shape index (κ3) is 5.49. The number of ether oxygens (including phenoxy) is 2. The lowest BCUT2D eigenvalue weighted by atomic mass is 10.1. The lowest BCUT2D eigenvalue weighted by Gasteiger charge is -2.35. The smallest absolute Gasteiger partial charge is 0.252 e. The van der Waals surface area contributed by atoms with Crippen molar-refractivity contribution in [2.75, 3.05) is 40.4 Å². The molecule has 0 unspecified atom stereocenters. The van der Waals surface area contributed by atoms with E-state index >= 15 is 0 Å². The molecule has 1 fully saturated rings. The number of carbonyl (C=O) groups is 1. The second kappa shape index (κ2) is 10.3. The molecule has 0 N–H and O–H groups in total. The molecule has 4 rings (SSSR count). The van der Waals surface area contributed by atoms with E-state index in [0.717, 1.165) is 30.8 Å². The molecular formula is C23H27N5O4. The van der Waals surface area contributed by atoms with Crippen LogP contribution in [0.15, 0.2) is 47.1 Å². The summed E-state index contributed by atoms with van der Waals surface area (Å²) in [5, 5.41) is 4.03. The summed E-state index contributed by atoms with van der Waals surface area (Å²) in [6.45, 7) is 4.19. The highest BCUT2D eigenvalue weighted by molar-refractivity contribution is 5.78. The highest BCUT2D eigenvalue weighted by Crippen LogP contribution is 2.19. The molecule has 9 nitrogen and oxygen atoms in total. The Morgan fingerprint density at radius 2 is 1.94 bits per heavy atom. The van der Waals surface area contributed by atoms with E-state index in [-0.39, 0.29) is 5.91 Å². The van der Waals surface area contributed by atoms with Gasteiger partial charge >= 0.3 is 0 Å². The fourth-order valence-electron chi connectivity index (χ4n) is 3.70. The molecule has 9 heteroatoms. The summed E-state index contributed by atoms with van der Waals surface area (Å²) in [6.07, 6.45) is 2.05. The molecule has 0 aliphatic carbocycles. The summed E-state index contributed by atoms with van der Waals surface area (Å²) >= 11 is 0. The minimum atomic E-state index is 0.127. The van der Waals surface area contributed by atoms with E-state index in [4.69, 9.17) is 14.0 Å². The van der Waals surface area contributed by atoms with E-state index in [1.54, 1.807) is 26.5 Å². The van der Waals surface area contributed by atoms with E-state index in [9.17, 15) is 4.79 Å². The Kier molecular flexibility index (Phi) is 7.08. The van der Waals surface area contributed by atoms with Gasteiger partial charge in [-0.25, -0.2) is 4.98 Å². The first kappa shape index (κ1) is 21.9. The van der Waals surface area contributed by atoms with Crippen LogP contribution in [0.5, 0.6) is 5.88 Å². The Labute approximate surface area is 187 Å². The van der Waals surface area contributed by atoms with Gasteiger partial charge in [-0.2, -0.15) is 4.98 Å². The fourth-order valence-corrected chi connectivity index (χ4v) is 3.70. The highest BCUT2D eigenvalue weighted by Gasteiger charge is 2.21. The number of hydrogen-bond donors (Lipinski definition) is 0. The second-order valence-electron chi connectivity index (χ2n) is 7.69. The number of hydrogen-bond acceptors (Lipinski definition) is 8. The van der Waals surface area contributed by atoms with Crippen molar-refractivity contribution >= 4 is 5.91 Å². The Balaban J connectivity index is 1.29. The van der Waals surface area contributed by atoms with Crippen LogP contribution in [0.3, 0.4) is 0 Å². The predicted molar refractivity (Wildman–Crippen MR) is 117 cm³/mol. The zero-order chi connectivity index (χ0) is 22.3. The summed E-state index contributed by atoms with van der Waals surface area (Å²) < 4.78 is 15.3. The average molecular weight is 438 g/mol. The minimum absolute atomic E-state index is 0.127. The third-order valence-electron chi connectivity index (χ3n) is 5.41. The lowest BCUT2D eigenvalue weighted by molar-refractivity contribution is -0.132. The van der Waals surface area contributed by atoms with Gasteiger partial charge in [-0.1, -0.05) is 29.4 Å². The summed E-state index contributed by atoms with van der Waals surface area (Å²) in [5.74, 6) is 1.69. The second-order valence-corrected chi connectivity index (χ2v) is 7.69. The molecular weight excluding hydrogens is 410 g/mol. The number of piperazine rings is 1. The summed E-state index contributed by atoms with van der Waals surface area (Å²) in [7, 11) is 3.17. The van der Waals surface area contributed by atoms with Gasteiger partial charge in [0.05, 0.1) is 13.5 Å². The van der Waals surface area contributed by atoms with E-state index in [1.165, 1.54) is 5.56 Å². The number of benzene rings is 1. The first-order valence-corrected chi connectivity index (χ1v) is 10.5. The van der Waals surface area contributed by atoms with Crippen molar-refractivity contribution in [3.63, 3.8) is 0 Å². The molecule has 1 aliphatic heterocycles. The molecule has 0 radical (unpaired) electrons. The summed E-state index contributed by atoms with van der Waals surface area (Å²) in [6, 6.07) is 11.8. The minimum Gasteiger partial charge on any atom is -0.481 e. The lowest BCUT2D eigenvalue weighted by Crippen LogP contribution is -2.48. The molecule has 0 bridgehead atoms. The topological polar surface area (TPSA) is 93.8 Å². The average Bonchev–Trinajstić information content (AvgIpc) is 3.29. The summed E-state index contributed by atoms with van der Waals surface area (Å²) in [4.78, 5) is 25.5. The van der Waals surface area contributed by atoms with Gasteiger partial charge < -0.3 is 18.9 Å². The number of carbonyl (C=O) groups excluding carboxylic acids is 1. The maximum absolute atomic E-state index is 12.7. The van der Waals surface area contributed by atoms with Crippen molar-refractivity contribution < 1.29 is 18.8 Å². The van der Waals surface area contributed by atoms with Crippen molar-refractivity contribution in [1.82, 2.24) is 24.9 Å². The third-order valence-corrected chi connectivity index (χ3v) is 5.41. The number of aromatic nitrogens is 3. The zero-order valence-corrected chi connectivity index (χ0v) is 18.4. The van der Waals surface area contributed by atoms with Gasteiger partial charge in [0.25, 0.3) is 5.89 Å². The van der Waals surface area contributed by atoms with Crippen molar-refractivity contribution in [3.8, 4) is 17.3 Å². The number of methoxy groups -OCH3 is 2. The molecule has 0 atom stereocenters. The van der Waals surface area contributed by atoms with E-state index in [1.807, 2.05) is 23.1 Å². The quantitative estimate of drug-likeness (QED) is 0.529. The maximum atomic E-state index is 12.7. The van der Waals surface area contributed by atoms with Crippen LogP contribution in [0.2, 0.25) is 0 Å². The monoisotopic (exact) mass is 437 g/mol. The van der Waals surface area contributed by atoms with Crippen LogP contribution in [0.4, 0.5) is 0 Å². The number of nitrogens with zero attached hydrogens (tertiary/aromatic N) is 5. The van der Waals surface area contributed by atoms with Gasteiger partial charge in [0.2, 0.25) is 17.6 Å². The molecule has 0 spiro atoms. The van der Waals surface area contributed by atoms with Crippen LogP contribution in [0.1, 0.15) is 17.0 Å². The van der Waals surface area contributed by atoms with Gasteiger partial charge in [0.15, 0.2) is 0 Å². The molecule has 2 aromatic heterocycles. The standard InChI is InChI=1S/C23H27N5O4/c1-30-16-21-25-23(26-32-21)19-5-3-4-18(12-19)15-27-8-10-28(11-9-27)22(29)13-17-6-7-20(31-2)24-14-17/h3-7,12,14H,8-11,13,15-16H2,1-2H3. The molecule has 1 amide bonds. The molecule has 3 aromatic rings. The van der Waals surface area contributed by atoms with Crippen molar-refractivity contribution in [2.24, 2.45) is 0 Å². The van der Waals surface area contributed by atoms with Crippen LogP contribution in [-0.4, -0.2) is 71.2 Å². The zero-order valence-electron chi connectivity index (χ0n) is 18.4. The van der Waals surface area contributed by atoms with E-state index in [0.29, 0.717) is 43.7 Å². The van der Waals surface area contributed by atoms with Crippen LogP contribution < -0.4 is 4.74 Å². The fraction of sp³-hybridized carbons (Fsp3) is 0.391. The molecule has 3 heterocycles. The SMILES string of the molecule is COCc1nc(-c2cccc(CN3CCN(C(=O)Cc4ccc(OC)nc4)CC3)c2)no1. The van der Waals surface area contributed by atoms with Gasteiger partial charge in [-0.15, -0.1) is 0 Å². The Hall–Kier alpha value is -3.30. The van der Waals surface area contributed by atoms with E-state index in [2.05, 4.69) is 32.2 Å². The Morgan fingerprint density at radius 1 is 1.09 bits per heavy atom. The molecule has 1 aromatic carbocycles. The highest BCUT2D eigenvalue weighted by atomic mass is 16.5. The van der Waals surface area contributed by atoms with Crippen LogP contribution in [-0.2, 0) is 29.1 Å². The predicted octanol–water partition coefficient (Wildman–Crippen LogP) is 2.17. The largest absolute Gasteiger partial charge is 0.481 e. The van der Waals surface area contributed by atoms with Crippen molar-refractivity contribution in [1.29, 1.82) is 0 Å². The molecule has 0 saturated carbocycles. The molecule has 1 aliphatic rings. The van der Waals surface area contributed by atoms with E-state index < -0.39 is 0 Å². The van der Waals surface area contributed by atoms with Crippen molar-refractivity contribution in [3.05, 3.63) is 59.6 Å². The summed E-state index contributed by atoms with van der Waals surface area (Å²) in [5.41, 5.74) is 2.98. The Morgan fingerprint density at radius 3 is 2.66 bits per heavy atom. The number of amides is 1. The van der Waals surface area contributed by atoms with Gasteiger partial charge in [-0.3, -0.25) is 9.69 Å². The normalized spacial score (nSPS) is 14.5. The van der Waals surface area contributed by atoms with Crippen molar-refractivity contribution in [2.45, 2.75) is 19.6 Å². The Bertz CT molecular complexity index is 1030. The first-order chi connectivity index (χ1) is 15.6. The number of pyridine rings is 1. The van der Waals surface area contributed by atoms with Crippen LogP contribution in [0, 0.1) is 0 Å².